The summed E-state index contributed by atoms with van der Waals surface area (Å²) in [6.07, 6.45) is 0.597. The molecular weight excluding hydrogens is 206 g/mol. The third-order valence-corrected chi connectivity index (χ3v) is 3.00. The Balaban J connectivity index is 2.38. The Labute approximate surface area is 98.5 Å². The zero-order chi connectivity index (χ0) is 12.2. The van der Waals surface area contributed by atoms with Crippen molar-refractivity contribution in [3.63, 3.8) is 0 Å². The molecular formula is C12H25NO3. The molecule has 16 heavy (non-hydrogen) atoms. The van der Waals surface area contributed by atoms with Gasteiger partial charge in [0.1, 0.15) is 0 Å². The van der Waals surface area contributed by atoms with Gasteiger partial charge >= 0.3 is 0 Å². The van der Waals surface area contributed by atoms with Gasteiger partial charge in [-0.05, 0) is 27.2 Å². The normalized spacial score (nSPS) is 27.6. The summed E-state index contributed by atoms with van der Waals surface area (Å²) >= 11 is 0. The van der Waals surface area contributed by atoms with Gasteiger partial charge in [-0.25, -0.2) is 0 Å². The quantitative estimate of drug-likeness (QED) is 0.713. The van der Waals surface area contributed by atoms with Gasteiger partial charge in [-0.2, -0.15) is 0 Å². The van der Waals surface area contributed by atoms with E-state index < -0.39 is 0 Å². The van der Waals surface area contributed by atoms with E-state index >= 15 is 0 Å². The van der Waals surface area contributed by atoms with Crippen LogP contribution in [0.15, 0.2) is 0 Å². The van der Waals surface area contributed by atoms with Gasteiger partial charge in [0, 0.05) is 25.2 Å². The summed E-state index contributed by atoms with van der Waals surface area (Å²) in [5.74, 6) is 0. The summed E-state index contributed by atoms with van der Waals surface area (Å²) in [7, 11) is 1.67. The second-order valence-electron chi connectivity index (χ2n) is 5.43. The Hall–Kier alpha value is -0.160. The third kappa shape index (κ3) is 4.01. The van der Waals surface area contributed by atoms with Crippen molar-refractivity contribution < 1.29 is 14.6 Å². The Morgan fingerprint density at radius 1 is 1.31 bits per heavy atom. The average molecular weight is 231 g/mol. The molecule has 0 aliphatic carbocycles. The second-order valence-corrected chi connectivity index (χ2v) is 5.43. The van der Waals surface area contributed by atoms with Gasteiger partial charge in [0.05, 0.1) is 25.9 Å². The van der Waals surface area contributed by atoms with Crippen molar-refractivity contribution in [2.24, 2.45) is 0 Å². The smallest absolute Gasteiger partial charge is 0.0701 e. The molecule has 2 unspecified atom stereocenters. The molecule has 4 heteroatoms. The molecule has 1 aliphatic rings. The fraction of sp³-hybridized carbons (Fsp3) is 1.00. The fourth-order valence-corrected chi connectivity index (χ4v) is 2.23. The van der Waals surface area contributed by atoms with Crippen LogP contribution in [-0.4, -0.2) is 61.2 Å². The van der Waals surface area contributed by atoms with E-state index in [1.807, 2.05) is 0 Å². The van der Waals surface area contributed by atoms with Gasteiger partial charge in [0.2, 0.25) is 0 Å². The van der Waals surface area contributed by atoms with Crippen LogP contribution in [0.25, 0.3) is 0 Å². The highest BCUT2D eigenvalue weighted by Gasteiger charge is 2.37. The maximum absolute atomic E-state index is 9.71. The van der Waals surface area contributed by atoms with Crippen molar-refractivity contribution in [1.29, 1.82) is 0 Å². The molecule has 1 heterocycles. The van der Waals surface area contributed by atoms with Crippen LogP contribution in [0.5, 0.6) is 0 Å². The lowest BCUT2D eigenvalue weighted by atomic mass is 10.1. The zero-order valence-corrected chi connectivity index (χ0v) is 10.9. The van der Waals surface area contributed by atoms with Gasteiger partial charge in [0.15, 0.2) is 0 Å². The minimum absolute atomic E-state index is 0.0900. The van der Waals surface area contributed by atoms with Crippen LogP contribution in [0.3, 0.4) is 0 Å². The molecule has 0 spiro atoms. The molecule has 0 aromatic heterocycles. The number of methoxy groups -OCH3 is 1. The third-order valence-electron chi connectivity index (χ3n) is 3.00. The maximum atomic E-state index is 9.71. The molecule has 1 saturated heterocycles. The Kier molecular flexibility index (Phi) is 5.18. The van der Waals surface area contributed by atoms with Crippen molar-refractivity contribution >= 4 is 0 Å². The predicted molar refractivity (Wildman–Crippen MR) is 63.6 cm³/mol. The Morgan fingerprint density at radius 3 is 2.56 bits per heavy atom. The van der Waals surface area contributed by atoms with E-state index in [2.05, 4.69) is 25.7 Å². The van der Waals surface area contributed by atoms with Crippen molar-refractivity contribution in [2.75, 3.05) is 33.5 Å². The van der Waals surface area contributed by atoms with E-state index in [0.717, 1.165) is 13.0 Å². The first-order chi connectivity index (χ1) is 7.45. The van der Waals surface area contributed by atoms with Crippen LogP contribution >= 0.6 is 0 Å². The van der Waals surface area contributed by atoms with E-state index in [9.17, 15) is 5.11 Å². The zero-order valence-electron chi connectivity index (χ0n) is 10.9. The highest BCUT2D eigenvalue weighted by atomic mass is 16.5. The number of nitrogens with zero attached hydrogens (tertiary/aromatic N) is 1. The van der Waals surface area contributed by atoms with Crippen LogP contribution in [0.4, 0.5) is 0 Å². The summed E-state index contributed by atoms with van der Waals surface area (Å²) in [6.45, 7) is 9.21. The Morgan fingerprint density at radius 2 is 2.00 bits per heavy atom. The SMILES string of the molecule is COCCOCC1CC(O)CN1C(C)(C)C. The van der Waals surface area contributed by atoms with Crippen LogP contribution in [-0.2, 0) is 9.47 Å². The largest absolute Gasteiger partial charge is 0.392 e. The minimum Gasteiger partial charge on any atom is -0.392 e. The number of aliphatic hydroxyl groups excluding tert-OH is 1. The van der Waals surface area contributed by atoms with E-state index in [1.165, 1.54) is 0 Å². The standard InChI is InChI=1S/C12H25NO3/c1-12(2,3)13-8-11(14)7-10(13)9-16-6-5-15-4/h10-11,14H,5-9H2,1-4H3. The topological polar surface area (TPSA) is 41.9 Å². The number of ether oxygens (including phenoxy) is 2. The minimum atomic E-state index is -0.213. The van der Waals surface area contributed by atoms with Gasteiger partial charge < -0.3 is 14.6 Å². The molecule has 4 nitrogen and oxygen atoms in total. The molecule has 1 rings (SSSR count). The molecule has 1 aliphatic heterocycles. The fourth-order valence-electron chi connectivity index (χ4n) is 2.23. The molecule has 0 bridgehead atoms. The van der Waals surface area contributed by atoms with E-state index in [1.54, 1.807) is 7.11 Å². The Bertz CT molecular complexity index is 203. The van der Waals surface area contributed by atoms with Gasteiger partial charge in [-0.1, -0.05) is 0 Å². The molecule has 0 amide bonds. The first-order valence-corrected chi connectivity index (χ1v) is 5.96. The molecule has 0 aromatic rings. The molecule has 1 N–H and O–H groups in total. The van der Waals surface area contributed by atoms with Crippen LogP contribution in [0.2, 0.25) is 0 Å². The lowest BCUT2D eigenvalue weighted by molar-refractivity contribution is 0.0177. The van der Waals surface area contributed by atoms with Crippen LogP contribution < -0.4 is 0 Å². The molecule has 96 valence electrons. The van der Waals surface area contributed by atoms with Gasteiger partial charge in [-0.3, -0.25) is 4.90 Å². The second kappa shape index (κ2) is 5.96. The maximum Gasteiger partial charge on any atom is 0.0701 e. The number of hydrogen-bond donors (Lipinski definition) is 1. The lowest BCUT2D eigenvalue weighted by Gasteiger charge is -2.36. The first-order valence-electron chi connectivity index (χ1n) is 5.96. The number of rotatable bonds is 5. The average Bonchev–Trinajstić information content (AvgIpc) is 2.54. The first kappa shape index (κ1) is 13.9. The van der Waals surface area contributed by atoms with Crippen LogP contribution in [0.1, 0.15) is 27.2 Å². The summed E-state index contributed by atoms with van der Waals surface area (Å²) in [5, 5.41) is 9.71. The monoisotopic (exact) mass is 231 g/mol. The van der Waals surface area contributed by atoms with Crippen molar-refractivity contribution in [2.45, 2.75) is 44.9 Å². The van der Waals surface area contributed by atoms with E-state index in [4.69, 9.17) is 9.47 Å². The summed E-state index contributed by atoms with van der Waals surface area (Å²) in [6, 6.07) is 0.326. The number of β-amino-alcohol motifs (C(OH)–C–C–N with tert-alkyl or cyclic N) is 1. The van der Waals surface area contributed by atoms with E-state index in [-0.39, 0.29) is 11.6 Å². The number of aliphatic hydroxyl groups is 1. The van der Waals surface area contributed by atoms with Gasteiger partial charge in [0.25, 0.3) is 0 Å². The summed E-state index contributed by atoms with van der Waals surface area (Å²) in [4.78, 5) is 2.32. The van der Waals surface area contributed by atoms with Crippen molar-refractivity contribution in [3.8, 4) is 0 Å². The summed E-state index contributed by atoms with van der Waals surface area (Å²) in [5.41, 5.74) is 0.0900. The molecule has 0 saturated carbocycles. The molecule has 0 aromatic carbocycles. The van der Waals surface area contributed by atoms with Crippen LogP contribution in [0, 0.1) is 0 Å². The highest BCUT2D eigenvalue weighted by Crippen LogP contribution is 2.26. The lowest BCUT2D eigenvalue weighted by Crippen LogP contribution is -2.46. The highest BCUT2D eigenvalue weighted by molar-refractivity contribution is 4.92. The summed E-state index contributed by atoms with van der Waals surface area (Å²) < 4.78 is 10.5. The molecule has 1 fully saturated rings. The van der Waals surface area contributed by atoms with Crippen molar-refractivity contribution in [3.05, 3.63) is 0 Å². The molecule has 0 radical (unpaired) electrons. The van der Waals surface area contributed by atoms with E-state index in [0.29, 0.717) is 25.9 Å². The van der Waals surface area contributed by atoms with Crippen molar-refractivity contribution in [1.82, 2.24) is 4.90 Å². The number of likely N-dealkylation sites (tertiary alicyclic amines) is 1. The number of hydrogen-bond acceptors (Lipinski definition) is 4. The predicted octanol–water partition coefficient (Wildman–Crippen LogP) is 0.883. The van der Waals surface area contributed by atoms with Gasteiger partial charge in [-0.15, -0.1) is 0 Å². The molecule has 2 atom stereocenters.